The molecular formula is C13H12F2N2O2S. The predicted molar refractivity (Wildman–Crippen MR) is 69.6 cm³/mol. The number of benzene rings is 2. The van der Waals surface area contributed by atoms with E-state index in [4.69, 9.17) is 0 Å². The van der Waals surface area contributed by atoms with Gasteiger partial charge in [-0.25, -0.2) is 17.2 Å². The summed E-state index contributed by atoms with van der Waals surface area (Å²) in [7, 11) is -3.97. The van der Waals surface area contributed by atoms with Crippen molar-refractivity contribution in [3.05, 3.63) is 64.4 Å². The van der Waals surface area contributed by atoms with Crippen LogP contribution in [0.25, 0.3) is 4.72 Å². The van der Waals surface area contributed by atoms with Crippen molar-refractivity contribution in [2.45, 2.75) is 11.4 Å². The monoisotopic (exact) mass is 298 g/mol. The molecule has 0 fully saturated rings. The van der Waals surface area contributed by atoms with Crippen LogP contribution < -0.4 is 5.73 Å². The normalized spacial score (nSPS) is 11.3. The highest BCUT2D eigenvalue weighted by atomic mass is 32.2. The molecule has 0 aliphatic heterocycles. The molecule has 7 heteroatoms. The van der Waals surface area contributed by atoms with Gasteiger partial charge in [-0.3, -0.25) is 0 Å². The zero-order chi connectivity index (χ0) is 14.8. The van der Waals surface area contributed by atoms with Crippen LogP contribution in [0.1, 0.15) is 5.56 Å². The average Bonchev–Trinajstić information content (AvgIpc) is 2.43. The summed E-state index contributed by atoms with van der Waals surface area (Å²) in [5, 5.41) is 0. The van der Waals surface area contributed by atoms with Crippen molar-refractivity contribution in [1.82, 2.24) is 0 Å². The lowest BCUT2D eigenvalue weighted by molar-refractivity contribution is -0.386. The fourth-order valence-electron chi connectivity index (χ4n) is 1.59. The zero-order valence-electron chi connectivity index (χ0n) is 10.4. The Balaban J connectivity index is 2.32. The fraction of sp³-hybridized carbons (Fsp3) is 0.0769. The first-order valence-electron chi connectivity index (χ1n) is 5.73. The maximum atomic E-state index is 13.0. The molecule has 3 N–H and O–H groups in total. The van der Waals surface area contributed by atoms with Crippen molar-refractivity contribution in [2.24, 2.45) is 0 Å². The molecule has 4 nitrogen and oxygen atoms in total. The summed E-state index contributed by atoms with van der Waals surface area (Å²) in [6.07, 6.45) is 0. The minimum atomic E-state index is -3.97. The average molecular weight is 298 g/mol. The lowest BCUT2D eigenvalue weighted by Crippen LogP contribution is -2.47. The molecule has 2 aromatic carbocycles. The third-order valence-electron chi connectivity index (χ3n) is 2.61. The van der Waals surface area contributed by atoms with Crippen LogP contribution in [0.3, 0.4) is 0 Å². The second-order valence-electron chi connectivity index (χ2n) is 4.06. The number of quaternary nitrogens is 1. The Morgan fingerprint density at radius 1 is 1.05 bits per heavy atom. The molecule has 2 aromatic rings. The van der Waals surface area contributed by atoms with Gasteiger partial charge in [0.15, 0.2) is 11.6 Å². The number of sulfonamides is 1. The van der Waals surface area contributed by atoms with Gasteiger partial charge < -0.3 is 10.5 Å². The number of rotatable bonds is 4. The molecule has 0 aromatic heterocycles. The summed E-state index contributed by atoms with van der Waals surface area (Å²) in [4.78, 5) is -0.0108. The van der Waals surface area contributed by atoms with Crippen LogP contribution in [0.5, 0.6) is 0 Å². The van der Waals surface area contributed by atoms with Gasteiger partial charge in [0, 0.05) is 5.56 Å². The Morgan fingerprint density at radius 3 is 2.45 bits per heavy atom. The molecule has 0 aliphatic carbocycles. The SMILES string of the molecule is [NH3+]Cc1cccc(S(=O)(=O)[N-]c2ccc(F)c(F)c2)c1. The quantitative estimate of drug-likeness (QED) is 0.938. The largest absolute Gasteiger partial charge is 0.573 e. The van der Waals surface area contributed by atoms with Gasteiger partial charge in [0.1, 0.15) is 10.0 Å². The van der Waals surface area contributed by atoms with Gasteiger partial charge >= 0.3 is 0 Å². The smallest absolute Gasteiger partial charge is 0.158 e. The van der Waals surface area contributed by atoms with Crippen LogP contribution in [-0.4, -0.2) is 8.42 Å². The fourth-order valence-corrected chi connectivity index (χ4v) is 2.64. The maximum absolute atomic E-state index is 13.0. The van der Waals surface area contributed by atoms with Crippen LogP contribution in [0.2, 0.25) is 0 Å². The van der Waals surface area contributed by atoms with E-state index in [1.165, 1.54) is 12.1 Å². The molecule has 20 heavy (non-hydrogen) atoms. The van der Waals surface area contributed by atoms with E-state index in [9.17, 15) is 17.2 Å². The van der Waals surface area contributed by atoms with Gasteiger partial charge in [-0.15, -0.1) is 5.69 Å². The minimum absolute atomic E-state index is 0.0108. The zero-order valence-corrected chi connectivity index (χ0v) is 11.2. The van der Waals surface area contributed by atoms with Crippen LogP contribution in [0, 0.1) is 11.6 Å². The highest BCUT2D eigenvalue weighted by Crippen LogP contribution is 2.29. The summed E-state index contributed by atoms with van der Waals surface area (Å²) in [6.45, 7) is 0.439. The first-order chi connectivity index (χ1) is 9.42. The topological polar surface area (TPSA) is 75.9 Å². The summed E-state index contributed by atoms with van der Waals surface area (Å²) >= 11 is 0. The van der Waals surface area contributed by atoms with Crippen LogP contribution in [0.4, 0.5) is 14.5 Å². The van der Waals surface area contributed by atoms with Crippen molar-refractivity contribution in [3.8, 4) is 0 Å². The highest BCUT2D eigenvalue weighted by Gasteiger charge is 2.07. The van der Waals surface area contributed by atoms with E-state index in [1.807, 2.05) is 0 Å². The summed E-state index contributed by atoms with van der Waals surface area (Å²) in [6, 6.07) is 8.82. The molecule has 0 heterocycles. The Kier molecular flexibility index (Phi) is 4.01. The van der Waals surface area contributed by atoms with Gasteiger partial charge in [-0.05, 0) is 24.3 Å². The van der Waals surface area contributed by atoms with Crippen molar-refractivity contribution in [3.63, 3.8) is 0 Å². The molecule has 2 rings (SSSR count). The van der Waals surface area contributed by atoms with Crippen LogP contribution in [0.15, 0.2) is 47.4 Å². The second kappa shape index (κ2) is 5.56. The molecule has 0 saturated heterocycles. The second-order valence-corrected chi connectivity index (χ2v) is 5.67. The van der Waals surface area contributed by atoms with Gasteiger partial charge in [0.2, 0.25) is 0 Å². The van der Waals surface area contributed by atoms with E-state index in [2.05, 4.69) is 10.5 Å². The molecule has 0 bridgehead atoms. The highest BCUT2D eigenvalue weighted by molar-refractivity contribution is 7.94. The Hall–Kier alpha value is -1.99. The molecule has 0 saturated carbocycles. The molecule has 106 valence electrons. The summed E-state index contributed by atoms with van der Waals surface area (Å²) < 4.78 is 53.4. The van der Waals surface area contributed by atoms with Crippen molar-refractivity contribution < 1.29 is 22.9 Å². The third kappa shape index (κ3) is 3.12. The first-order valence-corrected chi connectivity index (χ1v) is 7.17. The Labute approximate surface area is 115 Å². The lowest BCUT2D eigenvalue weighted by atomic mass is 10.2. The van der Waals surface area contributed by atoms with Gasteiger partial charge in [-0.2, -0.15) is 0 Å². The molecule has 0 aliphatic rings. The van der Waals surface area contributed by atoms with Crippen molar-refractivity contribution in [1.29, 1.82) is 0 Å². The third-order valence-corrected chi connectivity index (χ3v) is 3.91. The minimum Gasteiger partial charge on any atom is -0.573 e. The Bertz CT molecular complexity index is 733. The van der Waals surface area contributed by atoms with E-state index in [1.54, 1.807) is 12.1 Å². The van der Waals surface area contributed by atoms with E-state index < -0.39 is 21.7 Å². The molecule has 0 unspecified atom stereocenters. The standard InChI is InChI=1S/C13H11F2N2O2S/c14-12-5-4-10(7-13(12)15)17-20(18,19)11-3-1-2-9(6-11)8-16/h1-7H,8,16H2/q-1/p+1. The molecular weight excluding hydrogens is 286 g/mol. The van der Waals surface area contributed by atoms with E-state index in [0.717, 1.165) is 23.8 Å². The van der Waals surface area contributed by atoms with Crippen molar-refractivity contribution in [2.75, 3.05) is 0 Å². The van der Waals surface area contributed by atoms with Crippen molar-refractivity contribution >= 4 is 15.7 Å². The maximum Gasteiger partial charge on any atom is 0.158 e. The molecule has 0 amide bonds. The van der Waals surface area contributed by atoms with Gasteiger partial charge in [0.05, 0.1) is 11.4 Å². The number of halogens is 2. The lowest BCUT2D eigenvalue weighted by Gasteiger charge is -2.22. The predicted octanol–water partition coefficient (Wildman–Crippen LogP) is 2.10. The van der Waals surface area contributed by atoms with Crippen LogP contribution in [-0.2, 0) is 16.6 Å². The number of hydrogen-bond acceptors (Lipinski definition) is 2. The van der Waals surface area contributed by atoms with E-state index >= 15 is 0 Å². The van der Waals surface area contributed by atoms with Gasteiger partial charge in [-0.1, -0.05) is 18.2 Å². The van der Waals surface area contributed by atoms with E-state index in [-0.39, 0.29) is 10.6 Å². The van der Waals surface area contributed by atoms with Crippen LogP contribution >= 0.6 is 0 Å². The molecule has 0 spiro atoms. The summed E-state index contributed by atoms with van der Waals surface area (Å²) in [5.41, 5.74) is 4.25. The molecule has 0 radical (unpaired) electrons. The first kappa shape index (κ1) is 14.4. The summed E-state index contributed by atoms with van der Waals surface area (Å²) in [5.74, 6) is -2.20. The van der Waals surface area contributed by atoms with E-state index in [0.29, 0.717) is 6.54 Å². The number of hydrogen-bond donors (Lipinski definition) is 1. The Morgan fingerprint density at radius 2 is 1.80 bits per heavy atom. The molecule has 0 atom stereocenters. The van der Waals surface area contributed by atoms with Gasteiger partial charge in [0.25, 0.3) is 0 Å². The number of nitrogens with zero attached hydrogens (tertiary/aromatic N) is 1.